The van der Waals surface area contributed by atoms with E-state index in [-0.39, 0.29) is 0 Å². The summed E-state index contributed by atoms with van der Waals surface area (Å²) >= 11 is 0. The molecule has 0 aliphatic carbocycles. The maximum absolute atomic E-state index is 6.46. The molecule has 0 atom stereocenters. The number of rotatable bonds is 1. The third-order valence-electron chi connectivity index (χ3n) is 6.20. The zero-order chi connectivity index (χ0) is 19.7. The lowest BCUT2D eigenvalue weighted by atomic mass is 9.94. The summed E-state index contributed by atoms with van der Waals surface area (Å²) in [4.78, 5) is 3.67. The highest BCUT2D eigenvalue weighted by Gasteiger charge is 2.19. The molecule has 2 heterocycles. The fraction of sp³-hybridized carbons (Fsp3) is 0. The van der Waals surface area contributed by atoms with Crippen LogP contribution in [0.4, 0.5) is 0 Å². The molecule has 7 rings (SSSR count). The third-order valence-corrected chi connectivity index (χ3v) is 6.20. The van der Waals surface area contributed by atoms with E-state index >= 15 is 0 Å². The Hall–Kier alpha value is -4.04. The van der Waals surface area contributed by atoms with Crippen LogP contribution in [-0.2, 0) is 0 Å². The Morgan fingerprint density at radius 1 is 0.567 bits per heavy atom. The van der Waals surface area contributed by atoms with E-state index in [1.54, 1.807) is 0 Å². The highest BCUT2D eigenvalue weighted by atomic mass is 16.3. The van der Waals surface area contributed by atoms with Crippen molar-refractivity contribution in [2.45, 2.75) is 0 Å². The van der Waals surface area contributed by atoms with Crippen LogP contribution in [0.5, 0.6) is 0 Å². The molecule has 0 saturated heterocycles. The Labute approximate surface area is 172 Å². The Morgan fingerprint density at radius 2 is 1.30 bits per heavy atom. The zero-order valence-corrected chi connectivity index (χ0v) is 16.1. The molecule has 0 aliphatic heterocycles. The smallest absolute Gasteiger partial charge is 0.143 e. The highest BCUT2D eigenvalue weighted by Crippen LogP contribution is 2.43. The van der Waals surface area contributed by atoms with Gasteiger partial charge in [-0.25, -0.2) is 0 Å². The van der Waals surface area contributed by atoms with Crippen molar-refractivity contribution in [3.8, 4) is 11.1 Å². The second-order valence-electron chi connectivity index (χ2n) is 7.85. The van der Waals surface area contributed by atoms with Crippen molar-refractivity contribution in [2.24, 2.45) is 0 Å². The van der Waals surface area contributed by atoms with E-state index in [1.165, 1.54) is 27.1 Å². The van der Waals surface area contributed by atoms with Crippen molar-refractivity contribution >= 4 is 54.5 Å². The van der Waals surface area contributed by atoms with E-state index in [0.29, 0.717) is 0 Å². The van der Waals surface area contributed by atoms with Gasteiger partial charge in [-0.3, -0.25) is 0 Å². The number of aromatic nitrogens is 1. The van der Waals surface area contributed by atoms with Crippen LogP contribution < -0.4 is 0 Å². The molecule has 0 radical (unpaired) electrons. The summed E-state index contributed by atoms with van der Waals surface area (Å²) in [5, 5.41) is 7.22. The maximum atomic E-state index is 6.46. The van der Waals surface area contributed by atoms with Crippen LogP contribution in [0.3, 0.4) is 0 Å². The number of aromatic amines is 1. The fourth-order valence-corrected chi connectivity index (χ4v) is 4.87. The molecule has 2 aromatic heterocycles. The predicted octanol–water partition coefficient (Wildman–Crippen LogP) is 8.04. The normalized spacial score (nSPS) is 12.0. The number of hydrogen-bond donors (Lipinski definition) is 1. The molecular formula is C28H17NO. The van der Waals surface area contributed by atoms with Gasteiger partial charge in [0.2, 0.25) is 0 Å². The molecule has 2 nitrogen and oxygen atoms in total. The van der Waals surface area contributed by atoms with Crippen LogP contribution in [0.1, 0.15) is 0 Å². The first-order valence-corrected chi connectivity index (χ1v) is 10.2. The molecule has 5 aromatic carbocycles. The molecule has 2 heteroatoms. The highest BCUT2D eigenvalue weighted by molar-refractivity contribution is 6.22. The van der Waals surface area contributed by atoms with Gasteiger partial charge < -0.3 is 9.40 Å². The molecule has 0 saturated carbocycles. The summed E-state index contributed by atoms with van der Waals surface area (Å²) in [5.41, 5.74) is 6.49. The van der Waals surface area contributed by atoms with Crippen LogP contribution in [-0.4, -0.2) is 4.98 Å². The number of H-pyrrole nitrogens is 1. The average Bonchev–Trinajstić information content (AvgIpc) is 3.36. The van der Waals surface area contributed by atoms with Gasteiger partial charge >= 0.3 is 0 Å². The van der Waals surface area contributed by atoms with E-state index < -0.39 is 0 Å². The molecular weight excluding hydrogens is 366 g/mol. The largest absolute Gasteiger partial charge is 0.455 e. The molecule has 140 valence electrons. The Balaban J connectivity index is 1.73. The monoisotopic (exact) mass is 383 g/mol. The number of hydrogen-bond acceptors (Lipinski definition) is 1. The fourth-order valence-electron chi connectivity index (χ4n) is 4.87. The van der Waals surface area contributed by atoms with E-state index in [0.717, 1.165) is 38.5 Å². The first kappa shape index (κ1) is 15.8. The average molecular weight is 383 g/mol. The van der Waals surface area contributed by atoms with Gasteiger partial charge in [-0.1, -0.05) is 78.9 Å². The van der Waals surface area contributed by atoms with Gasteiger partial charge in [-0.15, -0.1) is 0 Å². The minimum atomic E-state index is 0.924. The summed E-state index contributed by atoms with van der Waals surface area (Å²) in [6.45, 7) is 0. The van der Waals surface area contributed by atoms with Crippen molar-refractivity contribution < 1.29 is 4.42 Å². The summed E-state index contributed by atoms with van der Waals surface area (Å²) < 4.78 is 6.46. The van der Waals surface area contributed by atoms with Crippen LogP contribution in [0.25, 0.3) is 65.6 Å². The Kier molecular flexibility index (Phi) is 3.03. The molecule has 0 fully saturated rings. The van der Waals surface area contributed by atoms with Gasteiger partial charge in [0.15, 0.2) is 0 Å². The second kappa shape index (κ2) is 5.74. The lowest BCUT2D eigenvalue weighted by molar-refractivity contribution is 0.670. The van der Waals surface area contributed by atoms with Crippen molar-refractivity contribution in [3.05, 3.63) is 97.1 Å². The van der Waals surface area contributed by atoms with Crippen LogP contribution in [0, 0.1) is 0 Å². The van der Waals surface area contributed by atoms with Crippen LogP contribution in [0.2, 0.25) is 0 Å². The predicted molar refractivity (Wildman–Crippen MR) is 126 cm³/mol. The van der Waals surface area contributed by atoms with Gasteiger partial charge in [0.1, 0.15) is 11.2 Å². The van der Waals surface area contributed by atoms with Crippen molar-refractivity contribution in [1.29, 1.82) is 0 Å². The van der Waals surface area contributed by atoms with E-state index in [2.05, 4.69) is 89.9 Å². The molecule has 0 bridgehead atoms. The molecule has 7 aromatic rings. The first-order chi connectivity index (χ1) is 14.9. The minimum absolute atomic E-state index is 0.924. The van der Waals surface area contributed by atoms with Gasteiger partial charge in [0.05, 0.1) is 5.52 Å². The number of fused-ring (bicyclic) bond motifs is 7. The summed E-state index contributed by atoms with van der Waals surface area (Å²) in [7, 11) is 0. The molecule has 0 aliphatic rings. The van der Waals surface area contributed by atoms with Crippen LogP contribution in [0.15, 0.2) is 101 Å². The SMILES string of the molecule is c1ccc2c(-c3cccc4c3[nH]c3ccccc34)c3oc4ccccc4c3cc2c1. The van der Waals surface area contributed by atoms with Gasteiger partial charge in [0.25, 0.3) is 0 Å². The van der Waals surface area contributed by atoms with Crippen molar-refractivity contribution in [3.63, 3.8) is 0 Å². The molecule has 30 heavy (non-hydrogen) atoms. The molecule has 0 spiro atoms. The quantitative estimate of drug-likeness (QED) is 0.305. The summed E-state index contributed by atoms with van der Waals surface area (Å²) in [5.74, 6) is 0. The minimum Gasteiger partial charge on any atom is -0.455 e. The molecule has 0 unspecified atom stereocenters. The topological polar surface area (TPSA) is 28.9 Å². The number of nitrogens with one attached hydrogen (secondary N) is 1. The van der Waals surface area contributed by atoms with Crippen molar-refractivity contribution in [1.82, 2.24) is 4.98 Å². The third kappa shape index (κ3) is 2.03. The van der Waals surface area contributed by atoms with E-state index in [9.17, 15) is 0 Å². The number of para-hydroxylation sites is 3. The van der Waals surface area contributed by atoms with Gasteiger partial charge in [0, 0.05) is 38.2 Å². The number of furan rings is 1. The van der Waals surface area contributed by atoms with Gasteiger partial charge in [-0.2, -0.15) is 0 Å². The standard InChI is InChI=1S/C28H17NO/c1-2-9-18-17(8-1)16-23-20-11-4-6-15-25(20)30-28(23)26(18)22-13-7-12-21-19-10-3-5-14-24(19)29-27(21)22/h1-16,29H. The van der Waals surface area contributed by atoms with Crippen LogP contribution >= 0.6 is 0 Å². The first-order valence-electron chi connectivity index (χ1n) is 10.2. The van der Waals surface area contributed by atoms with Crippen molar-refractivity contribution in [2.75, 3.05) is 0 Å². The summed E-state index contributed by atoms with van der Waals surface area (Å²) in [6, 6.07) is 34.2. The van der Waals surface area contributed by atoms with Gasteiger partial charge in [-0.05, 0) is 29.0 Å². The molecule has 0 amide bonds. The number of benzene rings is 5. The van der Waals surface area contributed by atoms with E-state index in [4.69, 9.17) is 4.42 Å². The zero-order valence-electron chi connectivity index (χ0n) is 16.1. The molecule has 1 N–H and O–H groups in total. The Morgan fingerprint density at radius 3 is 2.23 bits per heavy atom. The lowest BCUT2D eigenvalue weighted by Gasteiger charge is -2.10. The van der Waals surface area contributed by atoms with E-state index in [1.807, 2.05) is 12.1 Å². The maximum Gasteiger partial charge on any atom is 0.143 e. The summed E-state index contributed by atoms with van der Waals surface area (Å²) in [6.07, 6.45) is 0. The lowest BCUT2D eigenvalue weighted by Crippen LogP contribution is -1.85. The second-order valence-corrected chi connectivity index (χ2v) is 7.85. The Bertz CT molecular complexity index is 1750.